The molecule has 0 aromatic rings. The van der Waals surface area contributed by atoms with Gasteiger partial charge in [0.1, 0.15) is 15.9 Å². The Morgan fingerprint density at radius 1 is 1.71 bits per heavy atom. The highest BCUT2D eigenvalue weighted by Gasteiger charge is 2.51. The Hall–Kier alpha value is -0.490. The summed E-state index contributed by atoms with van der Waals surface area (Å²) in [5.74, 6) is -0.488. The monoisotopic (exact) mass is 277 g/mol. The number of carbonyl (C=O) groups excluding carboxylic acids is 1. The van der Waals surface area contributed by atoms with E-state index in [4.69, 9.17) is 5.11 Å². The third-order valence-electron chi connectivity index (χ3n) is 2.30. The molecule has 0 aromatic heterocycles. The van der Waals surface area contributed by atoms with Gasteiger partial charge in [0.05, 0.1) is 0 Å². The Morgan fingerprint density at radius 2 is 2.36 bits per heavy atom. The molecule has 14 heavy (non-hydrogen) atoms. The number of alkyl halides is 1. The molecule has 2 atom stereocenters. The summed E-state index contributed by atoms with van der Waals surface area (Å²) in [5, 5.41) is 8.91. The van der Waals surface area contributed by atoms with Crippen LogP contribution in [0.5, 0.6) is 0 Å². The molecule has 0 radical (unpaired) electrons. The smallest absolute Gasteiger partial charge is 0.352 e. The Balaban J connectivity index is 2.37. The zero-order valence-corrected chi connectivity index (χ0v) is 9.76. The topological polar surface area (TPSA) is 57.6 Å². The van der Waals surface area contributed by atoms with Crippen LogP contribution in [0.25, 0.3) is 0 Å². The average Bonchev–Trinajstić information content (AvgIpc) is 2.15. The molecule has 6 heteroatoms. The fourth-order valence-electron chi connectivity index (χ4n) is 1.60. The summed E-state index contributed by atoms with van der Waals surface area (Å²) in [4.78, 5) is 23.5. The maximum absolute atomic E-state index is 11.4. The first-order valence-corrected chi connectivity index (χ1v) is 6.02. The van der Waals surface area contributed by atoms with Gasteiger partial charge in [0.15, 0.2) is 0 Å². The summed E-state index contributed by atoms with van der Waals surface area (Å²) in [6, 6.07) is 0. The molecule has 0 saturated carbocycles. The van der Waals surface area contributed by atoms with Gasteiger partial charge in [-0.1, -0.05) is 15.9 Å². The first-order chi connectivity index (χ1) is 6.54. The first kappa shape index (κ1) is 10.0. The van der Waals surface area contributed by atoms with E-state index in [9.17, 15) is 9.59 Å². The maximum Gasteiger partial charge on any atom is 0.352 e. The highest BCUT2D eigenvalue weighted by molar-refractivity contribution is 9.10. The van der Waals surface area contributed by atoms with Gasteiger partial charge in [-0.2, -0.15) is 0 Å². The van der Waals surface area contributed by atoms with Crippen molar-refractivity contribution in [3.63, 3.8) is 0 Å². The molecule has 0 bridgehead atoms. The van der Waals surface area contributed by atoms with Crippen molar-refractivity contribution in [2.75, 3.05) is 5.75 Å². The third-order valence-corrected chi connectivity index (χ3v) is 4.96. The minimum Gasteiger partial charge on any atom is -0.477 e. The molecule has 76 valence electrons. The van der Waals surface area contributed by atoms with Crippen molar-refractivity contribution >= 4 is 39.6 Å². The standard InChI is InChI=1S/C8H8BrNO3S/c1-3-2-14-7-4(9)6(11)10(7)5(3)8(12)13/h4,7H,2H2,1H3,(H,12,13)/t4-,7+/m0/s1. The number of hydrogen-bond donors (Lipinski definition) is 1. The molecule has 1 N–H and O–H groups in total. The van der Waals surface area contributed by atoms with Crippen LogP contribution in [-0.2, 0) is 9.59 Å². The van der Waals surface area contributed by atoms with Gasteiger partial charge in [0.2, 0.25) is 5.91 Å². The van der Waals surface area contributed by atoms with Crippen LogP contribution in [0, 0.1) is 0 Å². The lowest BCUT2D eigenvalue weighted by atomic mass is 10.1. The van der Waals surface area contributed by atoms with Gasteiger partial charge in [-0.15, -0.1) is 11.8 Å². The summed E-state index contributed by atoms with van der Waals surface area (Å²) >= 11 is 4.83. The number of hydrogen-bond acceptors (Lipinski definition) is 3. The number of nitrogens with zero attached hydrogens (tertiary/aromatic N) is 1. The summed E-state index contributed by atoms with van der Waals surface area (Å²) in [6.45, 7) is 1.75. The normalized spacial score (nSPS) is 31.3. The van der Waals surface area contributed by atoms with Gasteiger partial charge in [-0.05, 0) is 12.5 Å². The zero-order chi connectivity index (χ0) is 10.5. The largest absolute Gasteiger partial charge is 0.477 e. The van der Waals surface area contributed by atoms with Crippen LogP contribution >= 0.6 is 27.7 Å². The highest BCUT2D eigenvalue weighted by Crippen LogP contribution is 2.42. The second kappa shape index (κ2) is 3.27. The lowest BCUT2D eigenvalue weighted by Crippen LogP contribution is -2.62. The van der Waals surface area contributed by atoms with Gasteiger partial charge in [0, 0.05) is 5.75 Å². The SMILES string of the molecule is CC1=C(C(=O)O)N2C(=O)[C@H](Br)[C@H]2SC1. The van der Waals surface area contributed by atoms with Crippen LogP contribution in [0.4, 0.5) is 0 Å². The minimum atomic E-state index is -1.01. The molecule has 0 aromatic carbocycles. The van der Waals surface area contributed by atoms with Gasteiger partial charge >= 0.3 is 5.97 Å². The molecule has 0 unspecified atom stereocenters. The molecule has 2 heterocycles. The molecule has 1 amide bonds. The fraction of sp³-hybridized carbons (Fsp3) is 0.500. The van der Waals surface area contributed by atoms with Crippen LogP contribution < -0.4 is 0 Å². The number of fused-ring (bicyclic) bond motifs is 1. The van der Waals surface area contributed by atoms with Crippen molar-refractivity contribution in [3.05, 3.63) is 11.3 Å². The lowest BCUT2D eigenvalue weighted by molar-refractivity contribution is -0.145. The molecule has 0 spiro atoms. The van der Waals surface area contributed by atoms with Crippen molar-refractivity contribution < 1.29 is 14.7 Å². The van der Waals surface area contributed by atoms with Gasteiger partial charge in [-0.3, -0.25) is 9.69 Å². The molecule has 2 rings (SSSR count). The Morgan fingerprint density at radius 3 is 2.93 bits per heavy atom. The molecule has 2 aliphatic heterocycles. The number of carbonyl (C=O) groups is 2. The number of thioether (sulfide) groups is 1. The Kier molecular flexibility index (Phi) is 2.35. The van der Waals surface area contributed by atoms with E-state index in [0.29, 0.717) is 5.75 Å². The predicted octanol–water partition coefficient (Wildman–Crippen LogP) is 1.02. The second-order valence-corrected chi connectivity index (χ2v) is 5.34. The predicted molar refractivity (Wildman–Crippen MR) is 56.1 cm³/mol. The van der Waals surface area contributed by atoms with E-state index in [1.54, 1.807) is 18.7 Å². The number of halogens is 1. The average molecular weight is 278 g/mol. The number of carboxylic acids is 1. The molecular weight excluding hydrogens is 270 g/mol. The van der Waals surface area contributed by atoms with E-state index in [1.165, 1.54) is 4.90 Å². The van der Waals surface area contributed by atoms with Crippen LogP contribution in [0.15, 0.2) is 11.3 Å². The van der Waals surface area contributed by atoms with E-state index in [0.717, 1.165) is 5.57 Å². The van der Waals surface area contributed by atoms with Gasteiger partial charge in [0.25, 0.3) is 0 Å². The van der Waals surface area contributed by atoms with E-state index >= 15 is 0 Å². The summed E-state index contributed by atoms with van der Waals surface area (Å²) < 4.78 is 0. The van der Waals surface area contributed by atoms with Gasteiger partial charge < -0.3 is 5.11 Å². The second-order valence-electron chi connectivity index (χ2n) is 3.25. The third kappa shape index (κ3) is 1.20. The van der Waals surface area contributed by atoms with Crippen molar-refractivity contribution in [1.82, 2.24) is 4.90 Å². The van der Waals surface area contributed by atoms with Crippen LogP contribution in [-0.4, -0.2) is 37.8 Å². The maximum atomic E-state index is 11.4. The number of carboxylic acid groups (broad SMARTS) is 1. The number of amides is 1. The van der Waals surface area contributed by atoms with Gasteiger partial charge in [-0.25, -0.2) is 4.79 Å². The lowest BCUT2D eigenvalue weighted by Gasteiger charge is -2.47. The zero-order valence-electron chi connectivity index (χ0n) is 7.36. The molecule has 2 aliphatic rings. The van der Waals surface area contributed by atoms with Crippen LogP contribution in [0.3, 0.4) is 0 Å². The van der Waals surface area contributed by atoms with Crippen LogP contribution in [0.1, 0.15) is 6.92 Å². The van der Waals surface area contributed by atoms with Crippen molar-refractivity contribution in [3.8, 4) is 0 Å². The van der Waals surface area contributed by atoms with E-state index in [-0.39, 0.29) is 21.8 Å². The molecule has 1 saturated heterocycles. The fourth-order valence-corrected chi connectivity index (χ4v) is 3.71. The van der Waals surface area contributed by atoms with E-state index in [2.05, 4.69) is 15.9 Å². The molecule has 4 nitrogen and oxygen atoms in total. The van der Waals surface area contributed by atoms with Crippen LogP contribution in [0.2, 0.25) is 0 Å². The summed E-state index contributed by atoms with van der Waals surface area (Å²) in [7, 11) is 0. The molecular formula is C8H8BrNO3S. The molecule has 1 fully saturated rings. The quantitative estimate of drug-likeness (QED) is 0.575. The Bertz CT molecular complexity index is 354. The Labute approximate surface area is 93.5 Å². The van der Waals surface area contributed by atoms with Crippen molar-refractivity contribution in [2.45, 2.75) is 17.1 Å². The number of rotatable bonds is 1. The number of aliphatic carboxylic acids is 1. The van der Waals surface area contributed by atoms with E-state index < -0.39 is 5.97 Å². The highest BCUT2D eigenvalue weighted by atomic mass is 79.9. The summed E-state index contributed by atoms with van der Waals surface area (Å²) in [6.07, 6.45) is 0. The van der Waals surface area contributed by atoms with Crippen molar-refractivity contribution in [1.29, 1.82) is 0 Å². The summed E-state index contributed by atoms with van der Waals surface area (Å²) in [5.41, 5.74) is 0.918. The number of β-lactam (4-membered cyclic amide) rings is 1. The molecule has 0 aliphatic carbocycles. The first-order valence-electron chi connectivity index (χ1n) is 4.06. The van der Waals surface area contributed by atoms with E-state index in [1.807, 2.05) is 0 Å². The minimum absolute atomic E-state index is 0.0442. The van der Waals surface area contributed by atoms with Crippen molar-refractivity contribution in [2.24, 2.45) is 0 Å².